The minimum Gasteiger partial charge on any atom is -0.394 e. The van der Waals surface area contributed by atoms with Gasteiger partial charge in [-0.3, -0.25) is 0 Å². The molecule has 0 radical (unpaired) electrons. The number of benzene rings is 1. The maximum atomic E-state index is 11.4. The zero-order chi connectivity index (χ0) is 12.5. The Morgan fingerprint density at radius 2 is 2.06 bits per heavy atom. The van der Waals surface area contributed by atoms with Crippen molar-refractivity contribution in [3.05, 3.63) is 35.9 Å². The van der Waals surface area contributed by atoms with Gasteiger partial charge < -0.3 is 15.7 Å². The van der Waals surface area contributed by atoms with Crippen LogP contribution in [-0.4, -0.2) is 30.3 Å². The molecule has 4 heteroatoms. The number of amides is 2. The van der Waals surface area contributed by atoms with Gasteiger partial charge >= 0.3 is 6.03 Å². The van der Waals surface area contributed by atoms with Crippen LogP contribution in [0.15, 0.2) is 30.3 Å². The van der Waals surface area contributed by atoms with Crippen LogP contribution < -0.4 is 10.6 Å². The molecule has 1 rings (SSSR count). The van der Waals surface area contributed by atoms with Crippen molar-refractivity contribution in [1.82, 2.24) is 10.6 Å². The van der Waals surface area contributed by atoms with Crippen molar-refractivity contribution in [2.75, 3.05) is 13.2 Å². The molecule has 0 fully saturated rings. The second-order valence-corrected chi connectivity index (χ2v) is 3.92. The average Bonchev–Trinajstić information content (AvgIpc) is 2.37. The van der Waals surface area contributed by atoms with Gasteiger partial charge in [-0.1, -0.05) is 37.3 Å². The number of nitrogens with one attached hydrogen (secondary N) is 2. The molecule has 94 valence electrons. The van der Waals surface area contributed by atoms with E-state index in [4.69, 9.17) is 5.11 Å². The first kappa shape index (κ1) is 13.5. The lowest BCUT2D eigenvalue weighted by Crippen LogP contribution is -2.44. The van der Waals surface area contributed by atoms with E-state index in [0.717, 1.165) is 12.8 Å². The first-order valence-corrected chi connectivity index (χ1v) is 5.95. The molecule has 4 nitrogen and oxygen atoms in total. The van der Waals surface area contributed by atoms with Crippen molar-refractivity contribution in [2.45, 2.75) is 25.8 Å². The summed E-state index contributed by atoms with van der Waals surface area (Å²) in [6, 6.07) is 9.61. The smallest absolute Gasteiger partial charge is 0.315 e. The summed E-state index contributed by atoms with van der Waals surface area (Å²) in [4.78, 5) is 11.4. The number of hydrogen-bond donors (Lipinski definition) is 3. The van der Waals surface area contributed by atoms with E-state index in [0.29, 0.717) is 6.54 Å². The molecule has 0 unspecified atom stereocenters. The van der Waals surface area contributed by atoms with Crippen molar-refractivity contribution in [3.63, 3.8) is 0 Å². The summed E-state index contributed by atoms with van der Waals surface area (Å²) in [5.74, 6) is 0. The third-order valence-corrected chi connectivity index (χ3v) is 2.59. The molecule has 0 aliphatic heterocycles. The van der Waals surface area contributed by atoms with Gasteiger partial charge in [0.1, 0.15) is 0 Å². The van der Waals surface area contributed by atoms with Crippen LogP contribution in [0.3, 0.4) is 0 Å². The van der Waals surface area contributed by atoms with Crippen LogP contribution in [0.25, 0.3) is 0 Å². The molecule has 0 spiro atoms. The molecule has 1 aromatic carbocycles. The zero-order valence-electron chi connectivity index (χ0n) is 10.1. The minimum atomic E-state index is -0.221. The molecule has 0 saturated heterocycles. The molecule has 0 aromatic heterocycles. The summed E-state index contributed by atoms with van der Waals surface area (Å²) in [7, 11) is 0. The summed E-state index contributed by atoms with van der Waals surface area (Å²) in [5.41, 5.74) is 1.20. The van der Waals surface area contributed by atoms with Crippen LogP contribution in [-0.2, 0) is 6.42 Å². The van der Waals surface area contributed by atoms with Crippen LogP contribution in [0.1, 0.15) is 18.9 Å². The molecule has 17 heavy (non-hydrogen) atoms. The Labute approximate surface area is 102 Å². The Kier molecular flexibility index (Phi) is 6.10. The molecule has 1 atom stereocenters. The maximum Gasteiger partial charge on any atom is 0.315 e. The van der Waals surface area contributed by atoms with E-state index in [-0.39, 0.29) is 18.7 Å². The number of carbonyl (C=O) groups excluding carboxylic acids is 1. The van der Waals surface area contributed by atoms with Crippen molar-refractivity contribution in [3.8, 4) is 0 Å². The first-order valence-electron chi connectivity index (χ1n) is 5.95. The normalized spacial score (nSPS) is 11.9. The summed E-state index contributed by atoms with van der Waals surface area (Å²) in [6.45, 7) is 2.49. The monoisotopic (exact) mass is 236 g/mol. The molecule has 0 heterocycles. The van der Waals surface area contributed by atoms with E-state index < -0.39 is 0 Å². The molecule has 0 aliphatic carbocycles. The topological polar surface area (TPSA) is 61.4 Å². The first-order chi connectivity index (χ1) is 8.26. The van der Waals surface area contributed by atoms with Crippen molar-refractivity contribution in [1.29, 1.82) is 0 Å². The lowest BCUT2D eigenvalue weighted by molar-refractivity contribution is 0.214. The summed E-state index contributed by atoms with van der Waals surface area (Å²) in [6.07, 6.45) is 1.53. The predicted molar refractivity (Wildman–Crippen MR) is 67.8 cm³/mol. The van der Waals surface area contributed by atoms with Gasteiger partial charge in [0.25, 0.3) is 0 Å². The van der Waals surface area contributed by atoms with Gasteiger partial charge in [-0.2, -0.15) is 0 Å². The predicted octanol–water partition coefficient (Wildman–Crippen LogP) is 1.30. The highest BCUT2D eigenvalue weighted by Gasteiger charge is 2.07. The highest BCUT2D eigenvalue weighted by molar-refractivity contribution is 5.74. The van der Waals surface area contributed by atoms with E-state index >= 15 is 0 Å². The van der Waals surface area contributed by atoms with Crippen LogP contribution in [0.4, 0.5) is 4.79 Å². The fraction of sp³-hybridized carbons (Fsp3) is 0.462. The molecule has 0 aliphatic rings. The Morgan fingerprint density at radius 3 is 2.65 bits per heavy atom. The van der Waals surface area contributed by atoms with E-state index in [1.54, 1.807) is 0 Å². The van der Waals surface area contributed by atoms with Crippen LogP contribution in [0.5, 0.6) is 0 Å². The Bertz CT molecular complexity index is 323. The third-order valence-electron chi connectivity index (χ3n) is 2.59. The highest BCUT2D eigenvalue weighted by atomic mass is 16.3. The molecular formula is C13H20N2O2. The minimum absolute atomic E-state index is 0.0252. The van der Waals surface area contributed by atoms with Gasteiger partial charge in [0.2, 0.25) is 0 Å². The third kappa shape index (κ3) is 5.36. The fourth-order valence-electron chi connectivity index (χ4n) is 1.48. The van der Waals surface area contributed by atoms with E-state index in [1.807, 2.05) is 37.3 Å². The molecule has 1 aromatic rings. The fourth-order valence-corrected chi connectivity index (χ4v) is 1.48. The average molecular weight is 236 g/mol. The largest absolute Gasteiger partial charge is 0.394 e. The quantitative estimate of drug-likeness (QED) is 0.697. The van der Waals surface area contributed by atoms with Crippen molar-refractivity contribution in [2.24, 2.45) is 0 Å². The van der Waals surface area contributed by atoms with E-state index in [2.05, 4.69) is 10.6 Å². The number of aliphatic hydroxyl groups is 1. The molecule has 0 saturated carbocycles. The number of rotatable bonds is 6. The second-order valence-electron chi connectivity index (χ2n) is 3.92. The van der Waals surface area contributed by atoms with Crippen molar-refractivity contribution >= 4 is 6.03 Å². The summed E-state index contributed by atoms with van der Waals surface area (Å²) >= 11 is 0. The summed E-state index contributed by atoms with van der Waals surface area (Å²) in [5, 5.41) is 14.4. The van der Waals surface area contributed by atoms with Crippen molar-refractivity contribution < 1.29 is 9.90 Å². The van der Waals surface area contributed by atoms with Gasteiger partial charge in [-0.25, -0.2) is 4.79 Å². The van der Waals surface area contributed by atoms with Gasteiger partial charge in [0, 0.05) is 6.54 Å². The second kappa shape index (κ2) is 7.68. The number of carbonyl (C=O) groups is 1. The lowest BCUT2D eigenvalue weighted by atomic mass is 10.1. The van der Waals surface area contributed by atoms with Gasteiger partial charge in [0.05, 0.1) is 12.6 Å². The van der Waals surface area contributed by atoms with E-state index in [9.17, 15) is 4.79 Å². The Balaban J connectivity index is 2.20. The standard InChI is InChI=1S/C13H20N2O2/c1-2-12(10-16)15-13(17)14-9-8-11-6-4-3-5-7-11/h3-7,12,16H,2,8-10H2,1H3,(H2,14,15,17)/t12-/m1/s1. The molecule has 3 N–H and O–H groups in total. The number of aliphatic hydroxyl groups excluding tert-OH is 1. The Hall–Kier alpha value is -1.55. The maximum absolute atomic E-state index is 11.4. The lowest BCUT2D eigenvalue weighted by Gasteiger charge is -2.14. The van der Waals surface area contributed by atoms with Gasteiger partial charge in [0.15, 0.2) is 0 Å². The van der Waals surface area contributed by atoms with Crippen LogP contribution >= 0.6 is 0 Å². The molecule has 2 amide bonds. The highest BCUT2D eigenvalue weighted by Crippen LogP contribution is 1.98. The molecule has 0 bridgehead atoms. The van der Waals surface area contributed by atoms with Crippen LogP contribution in [0.2, 0.25) is 0 Å². The SMILES string of the molecule is CC[C@H](CO)NC(=O)NCCc1ccccc1. The zero-order valence-corrected chi connectivity index (χ0v) is 10.1. The number of urea groups is 1. The molecular weight excluding hydrogens is 216 g/mol. The van der Waals surface area contributed by atoms with E-state index in [1.165, 1.54) is 5.56 Å². The summed E-state index contributed by atoms with van der Waals surface area (Å²) < 4.78 is 0. The Morgan fingerprint density at radius 1 is 1.35 bits per heavy atom. The van der Waals surface area contributed by atoms with Gasteiger partial charge in [-0.05, 0) is 18.4 Å². The van der Waals surface area contributed by atoms with Gasteiger partial charge in [-0.15, -0.1) is 0 Å². The van der Waals surface area contributed by atoms with Crippen LogP contribution in [0, 0.1) is 0 Å². The number of hydrogen-bond acceptors (Lipinski definition) is 2.